The van der Waals surface area contributed by atoms with Crippen molar-refractivity contribution in [1.29, 1.82) is 0 Å². The second-order valence-corrected chi connectivity index (χ2v) is 5.97. The summed E-state index contributed by atoms with van der Waals surface area (Å²) in [7, 11) is 0. The summed E-state index contributed by atoms with van der Waals surface area (Å²) < 4.78 is 2.83. The second kappa shape index (κ2) is 9.38. The van der Waals surface area contributed by atoms with Crippen LogP contribution in [0.1, 0.15) is 0 Å². The highest BCUT2D eigenvalue weighted by Crippen LogP contribution is 2.20. The number of quaternary nitrogens is 2. The molecule has 0 unspecified atom stereocenters. The number of hydrogen-bond acceptors (Lipinski definition) is 2. The van der Waals surface area contributed by atoms with Gasteiger partial charge in [-0.05, 0) is 0 Å². The van der Waals surface area contributed by atoms with Crippen LogP contribution in [0.3, 0.4) is 0 Å². The molecule has 124 valence electrons. The average molecular weight is 333 g/mol. The molecule has 3 saturated heterocycles. The Morgan fingerprint density at radius 1 is 0.450 bits per heavy atom. The molecular weight excluding hydrogens is 303 g/mol. The largest absolute Gasteiger partial charge is 1.00 e. The van der Waals surface area contributed by atoms with Crippen LogP contribution in [0.2, 0.25) is 0 Å². The van der Waals surface area contributed by atoms with Crippen LogP contribution in [0.4, 0.5) is 0 Å². The van der Waals surface area contributed by atoms with Crippen LogP contribution < -0.4 is 35.4 Å². The molecule has 3 fully saturated rings. The fraction of sp³-hybridized carbons (Fsp3) is 1.00. The van der Waals surface area contributed by atoms with Crippen molar-refractivity contribution in [3.8, 4) is 0 Å². The Kier molecular flexibility index (Phi) is 10.6. The zero-order chi connectivity index (χ0) is 10.9. The van der Waals surface area contributed by atoms with E-state index in [-0.39, 0.29) is 35.8 Å². The molecular formula is C12H30Cl2N4O2. The Morgan fingerprint density at radius 3 is 0.950 bits per heavy atom. The van der Waals surface area contributed by atoms with Crippen molar-refractivity contribution in [2.45, 2.75) is 0 Å². The van der Waals surface area contributed by atoms with E-state index in [1.807, 2.05) is 0 Å². The van der Waals surface area contributed by atoms with Crippen molar-refractivity contribution in [3.05, 3.63) is 0 Å². The summed E-state index contributed by atoms with van der Waals surface area (Å²) in [4.78, 5) is 0. The molecule has 0 bridgehead atoms. The Bertz CT molecular complexity index is 222. The molecule has 2 spiro atoms. The minimum absolute atomic E-state index is 0. The van der Waals surface area contributed by atoms with Crippen LogP contribution >= 0.6 is 0 Å². The molecule has 6 N–H and O–H groups in total. The Balaban J connectivity index is 0. The third kappa shape index (κ3) is 4.68. The van der Waals surface area contributed by atoms with E-state index < -0.39 is 0 Å². The fourth-order valence-electron chi connectivity index (χ4n) is 3.71. The monoisotopic (exact) mass is 332 g/mol. The summed E-state index contributed by atoms with van der Waals surface area (Å²) in [5.74, 6) is 0. The quantitative estimate of drug-likeness (QED) is 0.431. The molecule has 0 atom stereocenters. The van der Waals surface area contributed by atoms with Gasteiger partial charge in [-0.3, -0.25) is 0 Å². The van der Waals surface area contributed by atoms with E-state index in [0.717, 1.165) is 0 Å². The van der Waals surface area contributed by atoms with Gasteiger partial charge in [0.15, 0.2) is 0 Å². The van der Waals surface area contributed by atoms with E-state index in [2.05, 4.69) is 10.6 Å². The number of nitrogens with one attached hydrogen (secondary N) is 2. The van der Waals surface area contributed by atoms with Crippen LogP contribution in [0.5, 0.6) is 0 Å². The topological polar surface area (TPSA) is 87.1 Å². The number of rotatable bonds is 0. The van der Waals surface area contributed by atoms with Crippen LogP contribution in [-0.2, 0) is 0 Å². The summed E-state index contributed by atoms with van der Waals surface area (Å²) in [6.07, 6.45) is 0. The minimum Gasteiger partial charge on any atom is -1.00 e. The third-order valence-electron chi connectivity index (χ3n) is 5.15. The van der Waals surface area contributed by atoms with E-state index in [1.54, 1.807) is 0 Å². The smallest absolute Gasteiger partial charge is 0.129 e. The van der Waals surface area contributed by atoms with E-state index in [4.69, 9.17) is 0 Å². The SMILES string of the molecule is C1C[N+]2(CCN1)CC[N+]1(CCNCC1)CC2.O.O.[Cl-].[Cl-]. The first-order valence-electron chi connectivity index (χ1n) is 6.94. The lowest BCUT2D eigenvalue weighted by Crippen LogP contribution is -3.00. The standard InChI is InChI=1S/C12H26N4.2ClH.2H2O/c1-5-15(6-2-13-1)9-11-16(12-10-15)7-3-14-4-8-16;;;;/h13-14H,1-12H2;2*1H;2*1H2/q+2;;;;/p-2. The predicted molar refractivity (Wildman–Crippen MR) is 72.4 cm³/mol. The molecule has 0 aromatic heterocycles. The van der Waals surface area contributed by atoms with Crippen LogP contribution in [0, 0.1) is 0 Å². The minimum atomic E-state index is 0. The molecule has 0 radical (unpaired) electrons. The zero-order valence-electron chi connectivity index (χ0n) is 12.1. The van der Waals surface area contributed by atoms with Crippen molar-refractivity contribution >= 4 is 0 Å². The molecule has 0 aromatic carbocycles. The summed E-state index contributed by atoms with van der Waals surface area (Å²) in [6, 6.07) is 0. The lowest BCUT2D eigenvalue weighted by Gasteiger charge is -2.52. The number of piperazine rings is 3. The zero-order valence-corrected chi connectivity index (χ0v) is 13.6. The molecule has 8 heteroatoms. The second-order valence-electron chi connectivity index (χ2n) is 5.97. The van der Waals surface area contributed by atoms with Crippen molar-refractivity contribution in [2.75, 3.05) is 78.5 Å². The lowest BCUT2D eigenvalue weighted by atomic mass is 10.1. The normalized spacial score (nSPS) is 26.4. The Morgan fingerprint density at radius 2 is 0.700 bits per heavy atom. The van der Waals surface area contributed by atoms with Crippen LogP contribution in [-0.4, -0.2) is 98.5 Å². The highest BCUT2D eigenvalue weighted by molar-refractivity contribution is 4.65. The third-order valence-corrected chi connectivity index (χ3v) is 5.15. The van der Waals surface area contributed by atoms with E-state index in [1.165, 1.54) is 87.5 Å². The van der Waals surface area contributed by atoms with Crippen molar-refractivity contribution in [1.82, 2.24) is 10.6 Å². The molecule has 3 rings (SSSR count). The van der Waals surface area contributed by atoms with Crippen LogP contribution in [0.25, 0.3) is 0 Å². The van der Waals surface area contributed by atoms with E-state index in [9.17, 15) is 0 Å². The summed E-state index contributed by atoms with van der Waals surface area (Å²) >= 11 is 0. The van der Waals surface area contributed by atoms with Gasteiger partial charge in [-0.15, -0.1) is 0 Å². The van der Waals surface area contributed by atoms with Crippen LogP contribution in [0.15, 0.2) is 0 Å². The summed E-state index contributed by atoms with van der Waals surface area (Å²) in [5, 5.41) is 6.99. The lowest BCUT2D eigenvalue weighted by molar-refractivity contribution is -1.03. The van der Waals surface area contributed by atoms with Gasteiger partial charge in [0.25, 0.3) is 0 Å². The van der Waals surface area contributed by atoms with E-state index in [0.29, 0.717) is 0 Å². The first-order chi connectivity index (χ1) is 7.83. The van der Waals surface area contributed by atoms with Gasteiger partial charge in [-0.1, -0.05) is 0 Å². The maximum atomic E-state index is 3.50. The van der Waals surface area contributed by atoms with Gasteiger partial charge in [0.2, 0.25) is 0 Å². The molecule has 0 aliphatic carbocycles. The Labute approximate surface area is 134 Å². The van der Waals surface area contributed by atoms with Gasteiger partial charge in [0, 0.05) is 26.2 Å². The van der Waals surface area contributed by atoms with Crippen molar-refractivity contribution in [2.24, 2.45) is 0 Å². The number of nitrogens with zero attached hydrogens (tertiary/aromatic N) is 2. The van der Waals surface area contributed by atoms with Gasteiger partial charge in [0.1, 0.15) is 26.2 Å². The molecule has 0 saturated carbocycles. The first-order valence-corrected chi connectivity index (χ1v) is 6.94. The van der Waals surface area contributed by atoms with Gasteiger partial charge < -0.3 is 55.4 Å². The van der Waals surface area contributed by atoms with Crippen molar-refractivity contribution < 1.29 is 44.7 Å². The molecule has 3 aliphatic heterocycles. The molecule has 3 aliphatic rings. The van der Waals surface area contributed by atoms with E-state index >= 15 is 0 Å². The maximum Gasteiger partial charge on any atom is 0.129 e. The summed E-state index contributed by atoms with van der Waals surface area (Å²) in [6.45, 7) is 16.2. The fourth-order valence-corrected chi connectivity index (χ4v) is 3.71. The summed E-state index contributed by atoms with van der Waals surface area (Å²) in [5.41, 5.74) is 0. The van der Waals surface area contributed by atoms with Gasteiger partial charge in [0.05, 0.1) is 26.2 Å². The highest BCUT2D eigenvalue weighted by Gasteiger charge is 2.42. The van der Waals surface area contributed by atoms with Gasteiger partial charge in [-0.2, -0.15) is 0 Å². The first kappa shape index (κ1) is 22.6. The van der Waals surface area contributed by atoms with Gasteiger partial charge in [-0.25, -0.2) is 0 Å². The van der Waals surface area contributed by atoms with Gasteiger partial charge >= 0.3 is 0 Å². The Hall–Kier alpha value is 0.340. The molecule has 6 nitrogen and oxygen atoms in total. The number of halogens is 2. The van der Waals surface area contributed by atoms with Crippen molar-refractivity contribution in [3.63, 3.8) is 0 Å². The average Bonchev–Trinajstić information content (AvgIpc) is 2.36. The highest BCUT2D eigenvalue weighted by atomic mass is 35.5. The molecule has 0 aromatic rings. The molecule has 0 amide bonds. The predicted octanol–water partition coefficient (Wildman–Crippen LogP) is -8.80. The number of hydrogen-bond donors (Lipinski definition) is 2. The maximum absolute atomic E-state index is 3.50. The molecule has 20 heavy (non-hydrogen) atoms. The molecule has 3 heterocycles.